The van der Waals surface area contributed by atoms with Crippen molar-refractivity contribution >= 4 is 5.84 Å². The molecule has 0 atom stereocenters. The summed E-state index contributed by atoms with van der Waals surface area (Å²) in [5.74, 6) is -0.203. The van der Waals surface area contributed by atoms with Crippen LogP contribution in [-0.4, -0.2) is 10.4 Å². The van der Waals surface area contributed by atoms with E-state index in [1.165, 1.54) is 11.6 Å². The van der Waals surface area contributed by atoms with Gasteiger partial charge in [-0.05, 0) is 38.8 Å². The van der Waals surface area contributed by atoms with Crippen LogP contribution in [0, 0.1) is 33.1 Å². The molecule has 0 unspecified atom stereocenters. The summed E-state index contributed by atoms with van der Waals surface area (Å²) in [4.78, 5) is 11.9. The van der Waals surface area contributed by atoms with Crippen LogP contribution in [0.15, 0.2) is 29.2 Å². The van der Waals surface area contributed by atoms with Crippen molar-refractivity contribution in [3.05, 3.63) is 62.6 Å². The van der Waals surface area contributed by atoms with Crippen LogP contribution in [0.1, 0.15) is 27.9 Å². The van der Waals surface area contributed by atoms with E-state index in [1.807, 2.05) is 25.3 Å². The fourth-order valence-corrected chi connectivity index (χ4v) is 2.63. The number of aryl methyl sites for hydroxylation is 4. The highest BCUT2D eigenvalue weighted by Gasteiger charge is 2.11. The highest BCUT2D eigenvalue weighted by molar-refractivity contribution is 5.94. The Balaban J connectivity index is 2.80. The maximum Gasteiger partial charge on any atom is 0.192 e. The largest absolute Gasteiger partial charge is 0.384 e. The molecule has 0 amide bonds. The van der Waals surface area contributed by atoms with Crippen LogP contribution in [0.4, 0.5) is 0 Å². The number of hydrogen-bond acceptors (Lipinski definition) is 2. The van der Waals surface area contributed by atoms with Crippen molar-refractivity contribution in [2.75, 3.05) is 0 Å². The van der Waals surface area contributed by atoms with Crippen molar-refractivity contribution < 1.29 is 0 Å². The lowest BCUT2D eigenvalue weighted by Crippen LogP contribution is -2.24. The van der Waals surface area contributed by atoms with E-state index >= 15 is 0 Å². The zero-order valence-corrected chi connectivity index (χ0v) is 12.2. The third-order valence-electron chi connectivity index (χ3n) is 3.41. The lowest BCUT2D eigenvalue weighted by molar-refractivity contribution is 0.945. The number of rotatable bonds is 2. The molecule has 1 aromatic heterocycles. The van der Waals surface area contributed by atoms with Gasteiger partial charge in [0.1, 0.15) is 5.84 Å². The molecule has 3 N–H and O–H groups in total. The summed E-state index contributed by atoms with van der Waals surface area (Å²) in [6.45, 7) is 8.02. The van der Waals surface area contributed by atoms with Crippen molar-refractivity contribution in [2.45, 2.75) is 27.7 Å². The topological polar surface area (TPSA) is 71.9 Å². The molecule has 0 spiro atoms. The Kier molecular flexibility index (Phi) is 3.49. The maximum absolute atomic E-state index is 11.9. The molecule has 4 nitrogen and oxygen atoms in total. The molecule has 0 fully saturated rings. The first-order chi connectivity index (χ1) is 9.31. The Hall–Kier alpha value is -2.36. The zero-order chi connectivity index (χ0) is 15.0. The standard InChI is InChI=1S/C16H19N3O/c1-9-5-10(2)15(11(3)6-9)19-8-13(16(17)18)14(20)7-12(19)4/h5-8H,1-4H3,(H3,17,18). The molecule has 0 aliphatic heterocycles. The minimum Gasteiger partial charge on any atom is -0.384 e. The van der Waals surface area contributed by atoms with E-state index in [0.717, 1.165) is 22.5 Å². The summed E-state index contributed by atoms with van der Waals surface area (Å²) in [6, 6.07) is 5.73. The minimum absolute atomic E-state index is 0.203. The number of nitrogen functional groups attached to an aromatic ring is 1. The number of nitrogens with one attached hydrogen (secondary N) is 1. The predicted octanol–water partition coefficient (Wildman–Crippen LogP) is 2.36. The van der Waals surface area contributed by atoms with E-state index in [-0.39, 0.29) is 16.8 Å². The van der Waals surface area contributed by atoms with Gasteiger partial charge in [-0.1, -0.05) is 17.7 Å². The quantitative estimate of drug-likeness (QED) is 0.649. The van der Waals surface area contributed by atoms with E-state index in [4.69, 9.17) is 11.1 Å². The molecule has 1 heterocycles. The summed E-state index contributed by atoms with van der Waals surface area (Å²) < 4.78 is 1.93. The maximum atomic E-state index is 11.9. The summed E-state index contributed by atoms with van der Waals surface area (Å²) in [6.07, 6.45) is 1.66. The molecule has 2 rings (SSSR count). The van der Waals surface area contributed by atoms with Crippen LogP contribution < -0.4 is 11.2 Å². The van der Waals surface area contributed by atoms with Crippen molar-refractivity contribution in [3.8, 4) is 5.69 Å². The molecular formula is C16H19N3O. The van der Waals surface area contributed by atoms with Gasteiger partial charge in [-0.25, -0.2) is 0 Å². The van der Waals surface area contributed by atoms with Crippen molar-refractivity contribution in [1.29, 1.82) is 5.41 Å². The number of benzene rings is 1. The fraction of sp³-hybridized carbons (Fsp3) is 0.250. The van der Waals surface area contributed by atoms with E-state index in [1.54, 1.807) is 6.20 Å². The van der Waals surface area contributed by atoms with E-state index in [0.29, 0.717) is 0 Å². The van der Waals surface area contributed by atoms with Crippen LogP contribution in [-0.2, 0) is 0 Å². The monoisotopic (exact) mass is 269 g/mol. The Bertz CT molecular complexity index is 734. The Morgan fingerprint density at radius 3 is 2.15 bits per heavy atom. The van der Waals surface area contributed by atoms with Gasteiger partial charge < -0.3 is 10.3 Å². The van der Waals surface area contributed by atoms with Crippen LogP contribution in [0.25, 0.3) is 5.69 Å². The molecule has 104 valence electrons. The van der Waals surface area contributed by atoms with E-state index in [2.05, 4.69) is 19.1 Å². The summed E-state index contributed by atoms with van der Waals surface area (Å²) >= 11 is 0. The van der Waals surface area contributed by atoms with Gasteiger partial charge in [0.25, 0.3) is 0 Å². The number of amidine groups is 1. The first-order valence-electron chi connectivity index (χ1n) is 6.47. The second-order valence-corrected chi connectivity index (χ2v) is 5.22. The summed E-state index contributed by atoms with van der Waals surface area (Å²) in [7, 11) is 0. The second kappa shape index (κ2) is 4.96. The smallest absolute Gasteiger partial charge is 0.192 e. The van der Waals surface area contributed by atoms with Crippen LogP contribution in [0.2, 0.25) is 0 Å². The van der Waals surface area contributed by atoms with E-state index < -0.39 is 0 Å². The molecular weight excluding hydrogens is 250 g/mol. The summed E-state index contributed by atoms with van der Waals surface area (Å²) in [5.41, 5.74) is 10.8. The molecule has 0 aliphatic carbocycles. The van der Waals surface area contributed by atoms with Gasteiger partial charge in [0, 0.05) is 18.0 Å². The van der Waals surface area contributed by atoms with Crippen LogP contribution in [0.5, 0.6) is 0 Å². The predicted molar refractivity (Wildman–Crippen MR) is 82.0 cm³/mol. The molecule has 0 aliphatic rings. The van der Waals surface area contributed by atoms with Gasteiger partial charge in [-0.2, -0.15) is 0 Å². The minimum atomic E-state index is -0.214. The first-order valence-corrected chi connectivity index (χ1v) is 6.47. The zero-order valence-electron chi connectivity index (χ0n) is 12.2. The highest BCUT2D eigenvalue weighted by Crippen LogP contribution is 2.22. The molecule has 0 saturated heterocycles. The summed E-state index contributed by atoms with van der Waals surface area (Å²) in [5, 5.41) is 7.51. The number of nitrogens with zero attached hydrogens (tertiary/aromatic N) is 1. The molecule has 0 radical (unpaired) electrons. The Morgan fingerprint density at radius 2 is 1.65 bits per heavy atom. The highest BCUT2D eigenvalue weighted by atomic mass is 16.1. The molecule has 1 aromatic carbocycles. The van der Waals surface area contributed by atoms with Crippen molar-refractivity contribution in [1.82, 2.24) is 4.57 Å². The van der Waals surface area contributed by atoms with E-state index in [9.17, 15) is 4.79 Å². The van der Waals surface area contributed by atoms with Gasteiger partial charge in [0.15, 0.2) is 5.43 Å². The molecule has 0 saturated carbocycles. The number of nitrogens with two attached hydrogens (primary N) is 1. The lowest BCUT2D eigenvalue weighted by atomic mass is 10.0. The molecule has 20 heavy (non-hydrogen) atoms. The number of hydrogen-bond donors (Lipinski definition) is 2. The lowest BCUT2D eigenvalue weighted by Gasteiger charge is -2.18. The van der Waals surface area contributed by atoms with Crippen LogP contribution in [0.3, 0.4) is 0 Å². The molecule has 2 aromatic rings. The third-order valence-corrected chi connectivity index (χ3v) is 3.41. The van der Waals surface area contributed by atoms with Gasteiger partial charge in [0.05, 0.1) is 11.3 Å². The Labute approximate surface area is 118 Å². The van der Waals surface area contributed by atoms with Gasteiger partial charge in [-0.15, -0.1) is 0 Å². The number of pyridine rings is 1. The van der Waals surface area contributed by atoms with Gasteiger partial charge in [0.2, 0.25) is 0 Å². The average molecular weight is 269 g/mol. The third kappa shape index (κ3) is 2.37. The molecule has 0 bridgehead atoms. The SMILES string of the molecule is Cc1cc(C)c(-n2cc(C(=N)N)c(=O)cc2C)c(C)c1. The first kappa shape index (κ1) is 14.1. The Morgan fingerprint density at radius 1 is 1.10 bits per heavy atom. The molecule has 4 heteroatoms. The van der Waals surface area contributed by atoms with Gasteiger partial charge >= 0.3 is 0 Å². The van der Waals surface area contributed by atoms with Crippen molar-refractivity contribution in [3.63, 3.8) is 0 Å². The average Bonchev–Trinajstić information content (AvgIpc) is 2.29. The normalized spacial score (nSPS) is 10.6. The van der Waals surface area contributed by atoms with Crippen LogP contribution >= 0.6 is 0 Å². The van der Waals surface area contributed by atoms with Gasteiger partial charge in [-0.3, -0.25) is 10.2 Å². The number of aromatic nitrogens is 1. The van der Waals surface area contributed by atoms with Crippen molar-refractivity contribution in [2.24, 2.45) is 5.73 Å². The second-order valence-electron chi connectivity index (χ2n) is 5.22. The fourth-order valence-electron chi connectivity index (χ4n) is 2.63.